The van der Waals surface area contributed by atoms with Crippen molar-refractivity contribution in [2.45, 2.75) is 38.3 Å². The van der Waals surface area contributed by atoms with Crippen LogP contribution >= 0.6 is 0 Å². The number of fused-ring (bicyclic) bond motifs is 1. The molecular formula is C19H26N4O2. The maximum Gasteiger partial charge on any atom is 0.329 e. The first-order chi connectivity index (χ1) is 12.1. The second-order valence-corrected chi connectivity index (χ2v) is 7.27. The van der Waals surface area contributed by atoms with Crippen LogP contribution in [-0.2, 0) is 18.4 Å². The van der Waals surface area contributed by atoms with Crippen LogP contribution in [0.1, 0.15) is 25.7 Å². The van der Waals surface area contributed by atoms with E-state index < -0.39 is 0 Å². The Morgan fingerprint density at radius 3 is 2.36 bits per heavy atom. The first-order valence-corrected chi connectivity index (χ1v) is 9.31. The minimum absolute atomic E-state index is 0.0459. The first-order valence-electron chi connectivity index (χ1n) is 9.31. The van der Waals surface area contributed by atoms with Gasteiger partial charge in [0, 0.05) is 39.3 Å². The van der Waals surface area contributed by atoms with Gasteiger partial charge in [0.15, 0.2) is 0 Å². The quantitative estimate of drug-likeness (QED) is 0.848. The largest absolute Gasteiger partial charge is 0.339 e. The van der Waals surface area contributed by atoms with Gasteiger partial charge in [-0.3, -0.25) is 18.8 Å². The summed E-state index contributed by atoms with van der Waals surface area (Å²) < 4.78 is 3.21. The smallest absolute Gasteiger partial charge is 0.329 e. The Morgan fingerprint density at radius 2 is 1.68 bits per heavy atom. The number of hydrogen-bond donors (Lipinski definition) is 0. The number of aromatic nitrogens is 2. The molecule has 0 unspecified atom stereocenters. The van der Waals surface area contributed by atoms with Crippen LogP contribution in [0.2, 0.25) is 0 Å². The highest BCUT2D eigenvalue weighted by Gasteiger charge is 2.28. The zero-order valence-corrected chi connectivity index (χ0v) is 14.9. The number of carbonyl (C=O) groups is 1. The Morgan fingerprint density at radius 1 is 1.04 bits per heavy atom. The summed E-state index contributed by atoms with van der Waals surface area (Å²) in [6, 6.07) is 8.36. The molecule has 1 amide bonds. The van der Waals surface area contributed by atoms with Gasteiger partial charge in [-0.25, -0.2) is 4.79 Å². The highest BCUT2D eigenvalue weighted by Crippen LogP contribution is 2.24. The van der Waals surface area contributed by atoms with E-state index in [-0.39, 0.29) is 18.1 Å². The zero-order chi connectivity index (χ0) is 17.4. The molecule has 6 nitrogen and oxygen atoms in total. The van der Waals surface area contributed by atoms with Crippen molar-refractivity contribution in [3.05, 3.63) is 34.7 Å². The van der Waals surface area contributed by atoms with Gasteiger partial charge in [0.2, 0.25) is 5.91 Å². The topological polar surface area (TPSA) is 50.5 Å². The molecule has 6 heteroatoms. The van der Waals surface area contributed by atoms with Gasteiger partial charge < -0.3 is 4.90 Å². The molecule has 1 saturated heterocycles. The van der Waals surface area contributed by atoms with Gasteiger partial charge in [-0.1, -0.05) is 25.0 Å². The van der Waals surface area contributed by atoms with Crippen LogP contribution < -0.4 is 5.69 Å². The van der Waals surface area contributed by atoms with E-state index in [4.69, 9.17) is 0 Å². The Balaban J connectivity index is 1.45. The molecule has 0 bridgehead atoms. The molecular weight excluding hydrogens is 316 g/mol. The van der Waals surface area contributed by atoms with Crippen molar-refractivity contribution in [3.8, 4) is 0 Å². The minimum Gasteiger partial charge on any atom is -0.339 e. The van der Waals surface area contributed by atoms with E-state index in [1.165, 1.54) is 25.7 Å². The average molecular weight is 342 g/mol. The van der Waals surface area contributed by atoms with Crippen molar-refractivity contribution in [3.63, 3.8) is 0 Å². The van der Waals surface area contributed by atoms with Crippen LogP contribution in [0.4, 0.5) is 0 Å². The monoisotopic (exact) mass is 342 g/mol. The molecule has 134 valence electrons. The van der Waals surface area contributed by atoms with E-state index >= 15 is 0 Å². The van der Waals surface area contributed by atoms with Crippen LogP contribution in [0.15, 0.2) is 29.1 Å². The molecule has 1 aromatic carbocycles. The third-order valence-electron chi connectivity index (χ3n) is 5.85. The lowest BCUT2D eigenvalue weighted by molar-refractivity contribution is -0.133. The number of hydrogen-bond acceptors (Lipinski definition) is 3. The molecule has 0 spiro atoms. The molecule has 1 aromatic heterocycles. The number of carbonyl (C=O) groups excluding carboxylic acids is 1. The maximum atomic E-state index is 12.7. The van der Waals surface area contributed by atoms with Gasteiger partial charge in [0.1, 0.15) is 6.54 Å². The third kappa shape index (κ3) is 2.99. The minimum atomic E-state index is -0.126. The van der Waals surface area contributed by atoms with Gasteiger partial charge in [-0.2, -0.15) is 0 Å². The lowest BCUT2D eigenvalue weighted by atomic mass is 10.2. The van der Waals surface area contributed by atoms with Gasteiger partial charge in [0.25, 0.3) is 0 Å². The Labute approximate surface area is 147 Å². The number of imidazole rings is 1. The fourth-order valence-corrected chi connectivity index (χ4v) is 4.36. The zero-order valence-electron chi connectivity index (χ0n) is 14.9. The number of para-hydroxylation sites is 2. The highest BCUT2D eigenvalue weighted by atomic mass is 16.2. The Kier molecular flexibility index (Phi) is 4.37. The second-order valence-electron chi connectivity index (χ2n) is 7.27. The summed E-state index contributed by atoms with van der Waals surface area (Å²) in [6.45, 7) is 3.59. The predicted octanol–water partition coefficient (Wildman–Crippen LogP) is 1.43. The number of amides is 1. The molecule has 0 radical (unpaired) electrons. The summed E-state index contributed by atoms with van der Waals surface area (Å²) in [5.74, 6) is 0.0459. The number of benzene rings is 1. The van der Waals surface area contributed by atoms with Crippen molar-refractivity contribution in [1.29, 1.82) is 0 Å². The molecule has 2 aromatic rings. The summed E-state index contributed by atoms with van der Waals surface area (Å²) >= 11 is 0. The molecule has 2 aliphatic rings. The first kappa shape index (κ1) is 16.4. The fourth-order valence-electron chi connectivity index (χ4n) is 4.36. The third-order valence-corrected chi connectivity index (χ3v) is 5.85. The van der Waals surface area contributed by atoms with E-state index in [1.54, 1.807) is 16.2 Å². The lowest BCUT2D eigenvalue weighted by Gasteiger charge is -2.38. The lowest BCUT2D eigenvalue weighted by Crippen LogP contribution is -2.52. The van der Waals surface area contributed by atoms with E-state index in [2.05, 4.69) is 4.90 Å². The molecule has 0 atom stereocenters. The molecule has 1 saturated carbocycles. The van der Waals surface area contributed by atoms with Crippen molar-refractivity contribution < 1.29 is 4.79 Å². The molecule has 25 heavy (non-hydrogen) atoms. The highest BCUT2D eigenvalue weighted by molar-refractivity contribution is 5.81. The normalized spacial score (nSPS) is 19.8. The second kappa shape index (κ2) is 6.67. The number of aryl methyl sites for hydroxylation is 1. The number of nitrogens with zero attached hydrogens (tertiary/aromatic N) is 4. The van der Waals surface area contributed by atoms with Crippen molar-refractivity contribution in [1.82, 2.24) is 18.9 Å². The fraction of sp³-hybridized carbons (Fsp3) is 0.579. The van der Waals surface area contributed by atoms with Gasteiger partial charge in [0.05, 0.1) is 11.0 Å². The van der Waals surface area contributed by atoms with Crippen LogP contribution in [0, 0.1) is 0 Å². The van der Waals surface area contributed by atoms with E-state index in [1.807, 2.05) is 29.2 Å². The van der Waals surface area contributed by atoms with E-state index in [9.17, 15) is 9.59 Å². The van der Waals surface area contributed by atoms with Crippen LogP contribution in [0.25, 0.3) is 11.0 Å². The predicted molar refractivity (Wildman–Crippen MR) is 97.6 cm³/mol. The van der Waals surface area contributed by atoms with Gasteiger partial charge in [-0.05, 0) is 25.0 Å². The van der Waals surface area contributed by atoms with Crippen molar-refractivity contribution in [2.75, 3.05) is 26.2 Å². The summed E-state index contributed by atoms with van der Waals surface area (Å²) in [5, 5.41) is 0. The van der Waals surface area contributed by atoms with Crippen molar-refractivity contribution in [2.24, 2.45) is 7.05 Å². The summed E-state index contributed by atoms with van der Waals surface area (Å²) in [7, 11) is 1.76. The molecule has 1 aliphatic heterocycles. The molecule has 1 aliphatic carbocycles. The van der Waals surface area contributed by atoms with E-state index in [0.717, 1.165) is 43.3 Å². The van der Waals surface area contributed by atoms with Gasteiger partial charge in [-0.15, -0.1) is 0 Å². The molecule has 0 N–H and O–H groups in total. The Hall–Kier alpha value is -2.08. The van der Waals surface area contributed by atoms with Crippen LogP contribution in [-0.4, -0.2) is 57.1 Å². The van der Waals surface area contributed by atoms with Gasteiger partial charge >= 0.3 is 5.69 Å². The summed E-state index contributed by atoms with van der Waals surface area (Å²) in [4.78, 5) is 29.7. The maximum absolute atomic E-state index is 12.7. The van der Waals surface area contributed by atoms with Crippen molar-refractivity contribution >= 4 is 16.9 Å². The van der Waals surface area contributed by atoms with E-state index in [0.29, 0.717) is 0 Å². The molecule has 4 rings (SSSR count). The number of rotatable bonds is 3. The summed E-state index contributed by atoms with van der Waals surface area (Å²) in [6.07, 6.45) is 5.29. The van der Waals surface area contributed by atoms with Crippen LogP contribution in [0.5, 0.6) is 0 Å². The molecule has 2 heterocycles. The Bertz CT molecular complexity index is 824. The summed E-state index contributed by atoms with van der Waals surface area (Å²) in [5.41, 5.74) is 1.57. The SMILES string of the molecule is Cn1c(=O)n(CC(=O)N2CCN(C3CCCC3)CC2)c2ccccc21. The number of piperazine rings is 1. The molecule has 2 fully saturated rings. The van der Waals surface area contributed by atoms with Crippen LogP contribution in [0.3, 0.4) is 0 Å². The average Bonchev–Trinajstić information content (AvgIpc) is 3.26. The standard InChI is InChI=1S/C19H26N4O2/c1-20-16-8-4-5-9-17(16)23(19(20)25)14-18(24)22-12-10-21(11-13-22)15-6-2-3-7-15/h4-5,8-9,15H,2-3,6-7,10-14H2,1H3.